The number of hydrogen-bond donors (Lipinski definition) is 1. The number of rotatable bonds is 6. The van der Waals surface area contributed by atoms with Gasteiger partial charge < -0.3 is 5.32 Å². The van der Waals surface area contributed by atoms with Crippen LogP contribution in [0.5, 0.6) is 0 Å². The lowest BCUT2D eigenvalue weighted by Crippen LogP contribution is -2.22. The first-order chi connectivity index (χ1) is 9.56. The summed E-state index contributed by atoms with van der Waals surface area (Å²) in [6.45, 7) is 9.79. The zero-order chi connectivity index (χ0) is 14.5. The van der Waals surface area contributed by atoms with Gasteiger partial charge in [0, 0.05) is 23.0 Å². The second-order valence-corrected chi connectivity index (χ2v) is 6.97. The van der Waals surface area contributed by atoms with Gasteiger partial charge in [0.05, 0.1) is 5.69 Å². The molecule has 1 N–H and O–H groups in total. The molecular weight excluding hydrogens is 264 g/mol. The summed E-state index contributed by atoms with van der Waals surface area (Å²) in [5.41, 5.74) is 2.48. The van der Waals surface area contributed by atoms with Crippen LogP contribution < -0.4 is 5.32 Å². The molecule has 0 aliphatic heterocycles. The standard InChI is InChI=1S/C17H24N2S/c1-12(2)10-15-16(11-18-13(3)4)20-17(19-15)14-8-6-5-7-9-14/h5-9,12-13,18H,10-11H2,1-4H3. The molecule has 108 valence electrons. The Labute approximate surface area is 126 Å². The quantitative estimate of drug-likeness (QED) is 0.846. The third kappa shape index (κ3) is 4.15. The number of benzene rings is 1. The Balaban J connectivity index is 2.26. The van der Waals surface area contributed by atoms with Gasteiger partial charge in [0.2, 0.25) is 0 Å². The molecule has 0 spiro atoms. The van der Waals surface area contributed by atoms with Crippen molar-refractivity contribution in [2.75, 3.05) is 0 Å². The Kier molecular flexibility index (Phi) is 5.32. The number of nitrogens with one attached hydrogen (secondary N) is 1. The van der Waals surface area contributed by atoms with Gasteiger partial charge in [0.1, 0.15) is 5.01 Å². The molecule has 3 heteroatoms. The van der Waals surface area contributed by atoms with Gasteiger partial charge >= 0.3 is 0 Å². The zero-order valence-electron chi connectivity index (χ0n) is 12.8. The van der Waals surface area contributed by atoms with Crippen molar-refractivity contribution in [3.05, 3.63) is 40.9 Å². The summed E-state index contributed by atoms with van der Waals surface area (Å²) < 4.78 is 0. The SMILES string of the molecule is CC(C)Cc1nc(-c2ccccc2)sc1CNC(C)C. The molecule has 0 atom stereocenters. The van der Waals surface area contributed by atoms with Crippen molar-refractivity contribution in [2.45, 2.75) is 46.7 Å². The topological polar surface area (TPSA) is 24.9 Å². The monoisotopic (exact) mass is 288 g/mol. The largest absolute Gasteiger partial charge is 0.310 e. The van der Waals surface area contributed by atoms with Gasteiger partial charge in [-0.2, -0.15) is 0 Å². The fourth-order valence-electron chi connectivity index (χ4n) is 2.07. The molecule has 20 heavy (non-hydrogen) atoms. The Morgan fingerprint density at radius 2 is 1.80 bits per heavy atom. The van der Waals surface area contributed by atoms with Crippen LogP contribution in [-0.4, -0.2) is 11.0 Å². The first-order valence-corrected chi connectivity index (χ1v) is 8.15. The molecule has 0 radical (unpaired) electrons. The smallest absolute Gasteiger partial charge is 0.123 e. The van der Waals surface area contributed by atoms with E-state index < -0.39 is 0 Å². The molecule has 0 amide bonds. The summed E-state index contributed by atoms with van der Waals surface area (Å²) in [5.74, 6) is 0.638. The number of hydrogen-bond acceptors (Lipinski definition) is 3. The summed E-state index contributed by atoms with van der Waals surface area (Å²) >= 11 is 1.82. The van der Waals surface area contributed by atoms with Crippen molar-refractivity contribution in [2.24, 2.45) is 5.92 Å². The van der Waals surface area contributed by atoms with E-state index in [9.17, 15) is 0 Å². The van der Waals surface area contributed by atoms with Gasteiger partial charge in [-0.05, 0) is 12.3 Å². The van der Waals surface area contributed by atoms with Gasteiger partial charge in [-0.15, -0.1) is 11.3 Å². The molecule has 0 unspecified atom stereocenters. The van der Waals surface area contributed by atoms with Crippen LogP contribution in [0, 0.1) is 5.92 Å². The number of thiazole rings is 1. The van der Waals surface area contributed by atoms with Crippen LogP contribution in [0.15, 0.2) is 30.3 Å². The average molecular weight is 288 g/mol. The molecule has 1 aromatic carbocycles. The van der Waals surface area contributed by atoms with Crippen LogP contribution in [0.4, 0.5) is 0 Å². The Morgan fingerprint density at radius 1 is 1.10 bits per heavy atom. The Bertz CT molecular complexity index is 529. The molecular formula is C17H24N2S. The van der Waals surface area contributed by atoms with Crippen LogP contribution in [0.25, 0.3) is 10.6 Å². The van der Waals surface area contributed by atoms with Crippen LogP contribution in [-0.2, 0) is 13.0 Å². The third-order valence-corrected chi connectivity index (χ3v) is 4.22. The van der Waals surface area contributed by atoms with Gasteiger partial charge in [0.15, 0.2) is 0 Å². The highest BCUT2D eigenvalue weighted by Gasteiger charge is 2.13. The van der Waals surface area contributed by atoms with Gasteiger partial charge in [-0.1, -0.05) is 58.0 Å². The minimum atomic E-state index is 0.504. The molecule has 1 heterocycles. The maximum Gasteiger partial charge on any atom is 0.123 e. The molecule has 0 fully saturated rings. The van der Waals surface area contributed by atoms with Gasteiger partial charge in [0.25, 0.3) is 0 Å². The molecule has 2 nitrogen and oxygen atoms in total. The summed E-state index contributed by atoms with van der Waals surface area (Å²) in [7, 11) is 0. The van der Waals surface area contributed by atoms with E-state index in [1.54, 1.807) is 0 Å². The van der Waals surface area contributed by atoms with E-state index >= 15 is 0 Å². The van der Waals surface area contributed by atoms with Gasteiger partial charge in [-0.3, -0.25) is 0 Å². The zero-order valence-corrected chi connectivity index (χ0v) is 13.6. The molecule has 2 aromatic rings. The highest BCUT2D eigenvalue weighted by molar-refractivity contribution is 7.15. The average Bonchev–Trinajstić information content (AvgIpc) is 2.80. The number of nitrogens with zero attached hydrogens (tertiary/aromatic N) is 1. The fourth-order valence-corrected chi connectivity index (χ4v) is 3.11. The van der Waals surface area contributed by atoms with Crippen molar-refractivity contribution < 1.29 is 0 Å². The first-order valence-electron chi connectivity index (χ1n) is 7.33. The Hall–Kier alpha value is -1.19. The van der Waals surface area contributed by atoms with E-state index in [0.29, 0.717) is 12.0 Å². The molecule has 2 rings (SSSR count). The summed E-state index contributed by atoms with van der Waals surface area (Å²) in [4.78, 5) is 6.26. The molecule has 0 bridgehead atoms. The van der Waals surface area contributed by atoms with Crippen molar-refractivity contribution >= 4 is 11.3 Å². The lowest BCUT2D eigenvalue weighted by Gasteiger charge is -2.08. The Morgan fingerprint density at radius 3 is 2.40 bits per heavy atom. The van der Waals surface area contributed by atoms with E-state index in [2.05, 4.69) is 57.3 Å². The molecule has 0 aliphatic carbocycles. The molecule has 0 saturated carbocycles. The first kappa shape index (κ1) is 15.2. The number of aromatic nitrogens is 1. The van der Waals surface area contributed by atoms with Crippen molar-refractivity contribution in [1.82, 2.24) is 10.3 Å². The van der Waals surface area contributed by atoms with Crippen molar-refractivity contribution in [1.29, 1.82) is 0 Å². The maximum atomic E-state index is 4.88. The minimum absolute atomic E-state index is 0.504. The third-order valence-electron chi connectivity index (χ3n) is 3.07. The lowest BCUT2D eigenvalue weighted by atomic mass is 10.1. The summed E-state index contributed by atoms with van der Waals surface area (Å²) in [6.07, 6.45) is 1.05. The van der Waals surface area contributed by atoms with Crippen LogP contribution in [0.3, 0.4) is 0 Å². The summed E-state index contributed by atoms with van der Waals surface area (Å²) in [5, 5.41) is 4.65. The predicted octanol–water partition coefficient (Wildman–Crippen LogP) is 4.51. The molecule has 0 aliphatic rings. The highest BCUT2D eigenvalue weighted by atomic mass is 32.1. The van der Waals surface area contributed by atoms with Crippen LogP contribution in [0.2, 0.25) is 0 Å². The fraction of sp³-hybridized carbons (Fsp3) is 0.471. The van der Waals surface area contributed by atoms with E-state index in [-0.39, 0.29) is 0 Å². The van der Waals surface area contributed by atoms with Crippen molar-refractivity contribution in [3.8, 4) is 10.6 Å². The normalized spacial score (nSPS) is 11.5. The van der Waals surface area contributed by atoms with E-state index in [1.165, 1.54) is 16.1 Å². The van der Waals surface area contributed by atoms with E-state index in [0.717, 1.165) is 18.0 Å². The molecule has 1 aromatic heterocycles. The highest BCUT2D eigenvalue weighted by Crippen LogP contribution is 2.29. The van der Waals surface area contributed by atoms with Crippen LogP contribution in [0.1, 0.15) is 38.3 Å². The second-order valence-electron chi connectivity index (χ2n) is 5.89. The van der Waals surface area contributed by atoms with E-state index in [4.69, 9.17) is 4.98 Å². The lowest BCUT2D eigenvalue weighted by molar-refractivity contribution is 0.581. The second kappa shape index (κ2) is 7.00. The van der Waals surface area contributed by atoms with Crippen LogP contribution >= 0.6 is 11.3 Å². The van der Waals surface area contributed by atoms with Crippen molar-refractivity contribution in [3.63, 3.8) is 0 Å². The maximum absolute atomic E-state index is 4.88. The minimum Gasteiger partial charge on any atom is -0.310 e. The summed E-state index contributed by atoms with van der Waals surface area (Å²) in [6, 6.07) is 11.0. The predicted molar refractivity (Wildman–Crippen MR) is 88.1 cm³/mol. The molecule has 0 saturated heterocycles. The van der Waals surface area contributed by atoms with Gasteiger partial charge in [-0.25, -0.2) is 4.98 Å². The van der Waals surface area contributed by atoms with E-state index in [1.807, 2.05) is 17.4 Å².